The fraction of sp³-hybridized carbons (Fsp3) is 0.0769. The van der Waals surface area contributed by atoms with Crippen molar-refractivity contribution in [2.75, 3.05) is 5.32 Å². The molecule has 2 rings (SSSR count). The predicted octanol–water partition coefficient (Wildman–Crippen LogP) is 4.20. The summed E-state index contributed by atoms with van der Waals surface area (Å²) >= 11 is 5.71. The van der Waals surface area contributed by atoms with Crippen molar-refractivity contribution >= 4 is 29.1 Å². The Morgan fingerprint density at radius 1 is 1.24 bits per heavy atom. The summed E-state index contributed by atoms with van der Waals surface area (Å²) in [6.07, 6.45) is -3.47. The number of nitrogens with zero attached hydrogens (tertiary/aromatic N) is 1. The molecule has 0 unspecified atom stereocenters. The average Bonchev–Trinajstić information content (AvgIpc) is 2.40. The molecule has 1 heterocycles. The van der Waals surface area contributed by atoms with Gasteiger partial charge in [0.15, 0.2) is 0 Å². The number of halogens is 4. The SMILES string of the molecule is O=C(O)c1cc(Nc2cc(C(F)(F)F)ccn2)ccc1Cl. The summed E-state index contributed by atoms with van der Waals surface area (Å²) in [6, 6.07) is 5.66. The van der Waals surface area contributed by atoms with Crippen LogP contribution in [0.25, 0.3) is 0 Å². The summed E-state index contributed by atoms with van der Waals surface area (Å²) in [5.74, 6) is -1.29. The number of carboxylic acid groups (broad SMARTS) is 1. The third-order valence-electron chi connectivity index (χ3n) is 2.56. The van der Waals surface area contributed by atoms with Crippen LogP contribution in [0, 0.1) is 0 Å². The first-order chi connectivity index (χ1) is 9.77. The van der Waals surface area contributed by atoms with Crippen LogP contribution in [-0.4, -0.2) is 16.1 Å². The molecule has 4 nitrogen and oxygen atoms in total. The van der Waals surface area contributed by atoms with Gasteiger partial charge in [0.25, 0.3) is 0 Å². The summed E-state index contributed by atoms with van der Waals surface area (Å²) in [5, 5.41) is 11.6. The normalized spacial score (nSPS) is 11.2. The number of anilines is 2. The first-order valence-electron chi connectivity index (χ1n) is 5.60. The zero-order valence-electron chi connectivity index (χ0n) is 10.3. The number of hydrogen-bond acceptors (Lipinski definition) is 3. The molecule has 0 radical (unpaired) electrons. The maximum Gasteiger partial charge on any atom is 0.416 e. The molecule has 0 aliphatic carbocycles. The number of aromatic nitrogens is 1. The summed E-state index contributed by atoms with van der Waals surface area (Å²) in [4.78, 5) is 14.7. The van der Waals surface area contributed by atoms with Crippen molar-refractivity contribution in [2.24, 2.45) is 0 Å². The van der Waals surface area contributed by atoms with E-state index in [9.17, 15) is 18.0 Å². The first-order valence-corrected chi connectivity index (χ1v) is 5.98. The van der Waals surface area contributed by atoms with E-state index in [0.717, 1.165) is 18.3 Å². The highest BCUT2D eigenvalue weighted by Crippen LogP contribution is 2.31. The van der Waals surface area contributed by atoms with Crippen LogP contribution < -0.4 is 5.32 Å². The van der Waals surface area contributed by atoms with Gasteiger partial charge in [-0.3, -0.25) is 0 Å². The minimum atomic E-state index is -4.48. The van der Waals surface area contributed by atoms with Gasteiger partial charge < -0.3 is 10.4 Å². The lowest BCUT2D eigenvalue weighted by molar-refractivity contribution is -0.137. The number of pyridine rings is 1. The van der Waals surface area contributed by atoms with Gasteiger partial charge in [-0.2, -0.15) is 13.2 Å². The second-order valence-corrected chi connectivity index (χ2v) is 4.46. The molecule has 0 saturated heterocycles. The van der Waals surface area contributed by atoms with Crippen molar-refractivity contribution in [2.45, 2.75) is 6.18 Å². The molecule has 2 N–H and O–H groups in total. The first kappa shape index (κ1) is 15.1. The van der Waals surface area contributed by atoms with Crippen molar-refractivity contribution < 1.29 is 23.1 Å². The van der Waals surface area contributed by atoms with E-state index < -0.39 is 17.7 Å². The van der Waals surface area contributed by atoms with Crippen molar-refractivity contribution in [1.29, 1.82) is 0 Å². The molecule has 0 amide bonds. The molecule has 0 saturated carbocycles. The Labute approximate surface area is 122 Å². The van der Waals surface area contributed by atoms with Crippen molar-refractivity contribution in [3.8, 4) is 0 Å². The molecule has 0 aliphatic rings. The second kappa shape index (κ2) is 5.61. The Balaban J connectivity index is 2.31. The van der Waals surface area contributed by atoms with Crippen LogP contribution in [0.2, 0.25) is 5.02 Å². The molecule has 0 aliphatic heterocycles. The van der Waals surface area contributed by atoms with E-state index in [2.05, 4.69) is 10.3 Å². The Kier molecular flexibility index (Phi) is 4.04. The van der Waals surface area contributed by atoms with Crippen LogP contribution in [-0.2, 0) is 6.18 Å². The molecule has 1 aromatic carbocycles. The van der Waals surface area contributed by atoms with E-state index in [1.165, 1.54) is 18.2 Å². The summed E-state index contributed by atoms with van der Waals surface area (Å²) in [7, 11) is 0. The highest BCUT2D eigenvalue weighted by molar-refractivity contribution is 6.33. The molecule has 0 fully saturated rings. The quantitative estimate of drug-likeness (QED) is 0.891. The van der Waals surface area contributed by atoms with E-state index in [1.54, 1.807) is 0 Å². The number of hydrogen-bond donors (Lipinski definition) is 2. The fourth-order valence-electron chi connectivity index (χ4n) is 1.59. The number of aromatic carboxylic acids is 1. The zero-order valence-corrected chi connectivity index (χ0v) is 11.0. The minimum Gasteiger partial charge on any atom is -0.478 e. The molecular formula is C13H8ClF3N2O2. The van der Waals surface area contributed by atoms with E-state index in [4.69, 9.17) is 16.7 Å². The number of benzene rings is 1. The molecular weight excluding hydrogens is 309 g/mol. The highest BCUT2D eigenvalue weighted by atomic mass is 35.5. The average molecular weight is 317 g/mol. The number of nitrogens with one attached hydrogen (secondary N) is 1. The van der Waals surface area contributed by atoms with E-state index in [1.807, 2.05) is 0 Å². The van der Waals surface area contributed by atoms with Gasteiger partial charge in [0.1, 0.15) is 5.82 Å². The van der Waals surface area contributed by atoms with Crippen LogP contribution in [0.1, 0.15) is 15.9 Å². The largest absolute Gasteiger partial charge is 0.478 e. The van der Waals surface area contributed by atoms with Gasteiger partial charge in [-0.25, -0.2) is 9.78 Å². The van der Waals surface area contributed by atoms with E-state index >= 15 is 0 Å². The van der Waals surface area contributed by atoms with Crippen LogP contribution >= 0.6 is 11.6 Å². The van der Waals surface area contributed by atoms with Crippen molar-refractivity contribution in [3.05, 3.63) is 52.7 Å². The molecule has 2 aromatic rings. The van der Waals surface area contributed by atoms with Gasteiger partial charge in [-0.1, -0.05) is 11.6 Å². The Morgan fingerprint density at radius 3 is 2.57 bits per heavy atom. The van der Waals surface area contributed by atoms with Gasteiger partial charge in [0.2, 0.25) is 0 Å². The van der Waals surface area contributed by atoms with Crippen molar-refractivity contribution in [1.82, 2.24) is 4.98 Å². The molecule has 110 valence electrons. The van der Waals surface area contributed by atoms with Gasteiger partial charge in [-0.15, -0.1) is 0 Å². The number of carbonyl (C=O) groups is 1. The Bertz CT molecular complexity index is 689. The van der Waals surface area contributed by atoms with Gasteiger partial charge in [0.05, 0.1) is 16.1 Å². The standard InChI is InChI=1S/C13H8ClF3N2O2/c14-10-2-1-8(6-9(10)12(20)21)19-11-5-7(3-4-18-11)13(15,16)17/h1-6H,(H,18,19)(H,20,21). The lowest BCUT2D eigenvalue weighted by Crippen LogP contribution is -2.06. The monoisotopic (exact) mass is 316 g/mol. The van der Waals surface area contributed by atoms with E-state index in [0.29, 0.717) is 0 Å². The minimum absolute atomic E-state index is 0.0325. The predicted molar refractivity (Wildman–Crippen MR) is 70.9 cm³/mol. The maximum absolute atomic E-state index is 12.6. The Hall–Kier alpha value is -2.28. The summed E-state index contributed by atoms with van der Waals surface area (Å²) < 4.78 is 37.7. The number of carboxylic acids is 1. The maximum atomic E-state index is 12.6. The van der Waals surface area contributed by atoms with Gasteiger partial charge in [-0.05, 0) is 30.3 Å². The number of rotatable bonds is 3. The summed E-state index contributed by atoms with van der Waals surface area (Å²) in [6.45, 7) is 0. The molecule has 0 spiro atoms. The molecule has 0 atom stereocenters. The van der Waals surface area contributed by atoms with Crippen molar-refractivity contribution in [3.63, 3.8) is 0 Å². The summed E-state index contributed by atoms with van der Waals surface area (Å²) in [5.41, 5.74) is -0.746. The second-order valence-electron chi connectivity index (χ2n) is 4.05. The van der Waals surface area contributed by atoms with Crippen LogP contribution in [0.5, 0.6) is 0 Å². The molecule has 21 heavy (non-hydrogen) atoms. The number of alkyl halides is 3. The molecule has 0 bridgehead atoms. The van der Waals surface area contributed by atoms with Crippen LogP contribution in [0.4, 0.5) is 24.7 Å². The lowest BCUT2D eigenvalue weighted by atomic mass is 10.2. The highest BCUT2D eigenvalue weighted by Gasteiger charge is 2.30. The lowest BCUT2D eigenvalue weighted by Gasteiger charge is -2.10. The third kappa shape index (κ3) is 3.63. The Morgan fingerprint density at radius 2 is 1.95 bits per heavy atom. The topological polar surface area (TPSA) is 62.2 Å². The van der Waals surface area contributed by atoms with E-state index in [-0.39, 0.29) is 22.1 Å². The smallest absolute Gasteiger partial charge is 0.416 e. The van der Waals surface area contributed by atoms with Gasteiger partial charge in [0, 0.05) is 11.9 Å². The molecule has 8 heteroatoms. The fourth-order valence-corrected chi connectivity index (χ4v) is 1.79. The molecule has 1 aromatic heterocycles. The van der Waals surface area contributed by atoms with Crippen LogP contribution in [0.3, 0.4) is 0 Å². The van der Waals surface area contributed by atoms with Gasteiger partial charge >= 0.3 is 12.1 Å². The van der Waals surface area contributed by atoms with Crippen LogP contribution in [0.15, 0.2) is 36.5 Å². The zero-order chi connectivity index (χ0) is 15.6. The third-order valence-corrected chi connectivity index (χ3v) is 2.89.